The fraction of sp³-hybridized carbons (Fsp3) is 0.692. The van der Waals surface area contributed by atoms with Crippen molar-refractivity contribution in [3.63, 3.8) is 0 Å². The Morgan fingerprint density at radius 1 is 1.29 bits per heavy atom. The Hall–Kier alpha value is -0.440. The molecule has 0 saturated carbocycles. The number of thiophene rings is 1. The molecular formula is C13H19NO4S3. The van der Waals surface area contributed by atoms with Crippen LogP contribution in [-0.4, -0.2) is 44.4 Å². The zero-order chi connectivity index (χ0) is 15.3. The molecule has 0 spiro atoms. The minimum Gasteiger partial charge on any atom is -0.229 e. The number of fused-ring (bicyclic) bond motifs is 1. The maximum absolute atomic E-state index is 12.8. The van der Waals surface area contributed by atoms with E-state index in [4.69, 9.17) is 0 Å². The van der Waals surface area contributed by atoms with Crippen molar-refractivity contribution in [3.05, 3.63) is 21.9 Å². The van der Waals surface area contributed by atoms with Crippen LogP contribution in [0.1, 0.15) is 36.2 Å². The number of sulfonamides is 1. The first-order valence-electron chi connectivity index (χ1n) is 7.08. The zero-order valence-electron chi connectivity index (χ0n) is 11.9. The molecule has 0 N–H and O–H groups in total. The van der Waals surface area contributed by atoms with Crippen molar-refractivity contribution >= 4 is 31.2 Å². The molecule has 0 amide bonds. The first kappa shape index (κ1) is 15.5. The molecule has 3 heterocycles. The molecule has 2 aliphatic rings. The minimum absolute atomic E-state index is 0.0111. The second-order valence-corrected chi connectivity index (χ2v) is 11.2. The van der Waals surface area contributed by atoms with Crippen molar-refractivity contribution in [3.8, 4) is 0 Å². The van der Waals surface area contributed by atoms with Gasteiger partial charge in [-0.3, -0.25) is 0 Å². The second-order valence-electron chi connectivity index (χ2n) is 5.73. The Kier molecular flexibility index (Phi) is 3.92. The van der Waals surface area contributed by atoms with Gasteiger partial charge in [0.15, 0.2) is 0 Å². The summed E-state index contributed by atoms with van der Waals surface area (Å²) in [4.78, 5) is 1.26. The topological polar surface area (TPSA) is 71.5 Å². The van der Waals surface area contributed by atoms with Gasteiger partial charge in [-0.1, -0.05) is 0 Å². The predicted molar refractivity (Wildman–Crippen MR) is 83.7 cm³/mol. The van der Waals surface area contributed by atoms with Crippen LogP contribution in [0.3, 0.4) is 0 Å². The standard InChI is InChI=1S/C13H19NO4S3/c1-10-12-3-7-19-13(12)2-6-14(10)21(17,18)11-4-8-20(15,16)9-5-11/h3,7,10-11H,2,4-6,8-9H2,1H3/t10-/m1/s1. The van der Waals surface area contributed by atoms with Gasteiger partial charge in [-0.2, -0.15) is 4.31 Å². The van der Waals surface area contributed by atoms with Gasteiger partial charge < -0.3 is 0 Å². The Morgan fingerprint density at radius 2 is 1.95 bits per heavy atom. The van der Waals surface area contributed by atoms with Crippen molar-refractivity contribution in [2.24, 2.45) is 0 Å². The number of rotatable bonds is 2. The van der Waals surface area contributed by atoms with Gasteiger partial charge in [0.2, 0.25) is 10.0 Å². The van der Waals surface area contributed by atoms with E-state index in [9.17, 15) is 16.8 Å². The fourth-order valence-electron chi connectivity index (χ4n) is 3.19. The fourth-order valence-corrected chi connectivity index (χ4v) is 8.06. The lowest BCUT2D eigenvalue weighted by Crippen LogP contribution is -2.45. The van der Waals surface area contributed by atoms with Crippen molar-refractivity contribution in [2.45, 2.75) is 37.5 Å². The van der Waals surface area contributed by atoms with Gasteiger partial charge in [-0.15, -0.1) is 11.3 Å². The van der Waals surface area contributed by atoms with Gasteiger partial charge in [0.25, 0.3) is 0 Å². The molecule has 1 aromatic rings. The van der Waals surface area contributed by atoms with Crippen LogP contribution >= 0.6 is 11.3 Å². The molecule has 1 fully saturated rings. The van der Waals surface area contributed by atoms with Crippen LogP contribution in [0.5, 0.6) is 0 Å². The van der Waals surface area contributed by atoms with E-state index in [0.717, 1.165) is 12.0 Å². The van der Waals surface area contributed by atoms with Crippen LogP contribution in [0.4, 0.5) is 0 Å². The number of hydrogen-bond acceptors (Lipinski definition) is 5. The smallest absolute Gasteiger partial charge is 0.217 e. The number of hydrogen-bond donors (Lipinski definition) is 0. The highest BCUT2D eigenvalue weighted by Crippen LogP contribution is 2.36. The third-order valence-corrected chi connectivity index (χ3v) is 9.65. The van der Waals surface area contributed by atoms with E-state index in [1.54, 1.807) is 15.6 Å². The summed E-state index contributed by atoms with van der Waals surface area (Å²) in [6, 6.07) is 1.85. The van der Waals surface area contributed by atoms with Gasteiger partial charge >= 0.3 is 0 Å². The third kappa shape index (κ3) is 2.78. The predicted octanol–water partition coefficient (Wildman–Crippen LogP) is 1.57. The molecule has 1 saturated heterocycles. The Bertz CT molecular complexity index is 721. The maximum Gasteiger partial charge on any atom is 0.217 e. The van der Waals surface area contributed by atoms with E-state index in [1.165, 1.54) is 4.88 Å². The molecule has 0 unspecified atom stereocenters. The molecule has 118 valence electrons. The second kappa shape index (κ2) is 5.33. The van der Waals surface area contributed by atoms with Gasteiger partial charge in [0, 0.05) is 17.5 Å². The van der Waals surface area contributed by atoms with E-state index < -0.39 is 25.1 Å². The average Bonchev–Trinajstić information content (AvgIpc) is 2.87. The van der Waals surface area contributed by atoms with Crippen molar-refractivity contribution in [1.29, 1.82) is 0 Å². The van der Waals surface area contributed by atoms with Crippen molar-refractivity contribution < 1.29 is 16.8 Å². The van der Waals surface area contributed by atoms with E-state index in [-0.39, 0.29) is 30.4 Å². The summed E-state index contributed by atoms with van der Waals surface area (Å²) in [6.07, 6.45) is 1.20. The average molecular weight is 349 g/mol. The molecule has 0 aliphatic carbocycles. The van der Waals surface area contributed by atoms with Crippen LogP contribution in [0.2, 0.25) is 0 Å². The summed E-state index contributed by atoms with van der Waals surface area (Å²) in [6.45, 7) is 2.42. The van der Waals surface area contributed by atoms with Crippen molar-refractivity contribution in [2.75, 3.05) is 18.1 Å². The molecule has 5 nitrogen and oxygen atoms in total. The summed E-state index contributed by atoms with van der Waals surface area (Å²) in [5, 5.41) is 1.45. The maximum atomic E-state index is 12.8. The monoisotopic (exact) mass is 349 g/mol. The number of sulfone groups is 1. The number of nitrogens with zero attached hydrogens (tertiary/aromatic N) is 1. The normalized spacial score (nSPS) is 27.4. The highest BCUT2D eigenvalue weighted by atomic mass is 32.2. The molecular weight excluding hydrogens is 330 g/mol. The highest BCUT2D eigenvalue weighted by Gasteiger charge is 2.40. The van der Waals surface area contributed by atoms with Crippen molar-refractivity contribution in [1.82, 2.24) is 4.31 Å². The Labute approximate surface area is 129 Å². The molecule has 3 rings (SSSR count). The molecule has 8 heteroatoms. The van der Waals surface area contributed by atoms with Crippen LogP contribution in [0.15, 0.2) is 11.4 Å². The molecule has 2 aliphatic heterocycles. The molecule has 1 atom stereocenters. The molecule has 1 aromatic heterocycles. The van der Waals surface area contributed by atoms with Gasteiger partial charge in [0.1, 0.15) is 9.84 Å². The van der Waals surface area contributed by atoms with Gasteiger partial charge in [-0.25, -0.2) is 16.8 Å². The quantitative estimate of drug-likeness (QED) is 0.812. The van der Waals surface area contributed by atoms with Gasteiger partial charge in [0.05, 0.1) is 16.8 Å². The van der Waals surface area contributed by atoms with Gasteiger partial charge in [-0.05, 0) is 43.2 Å². The lowest BCUT2D eigenvalue weighted by molar-refractivity contribution is 0.323. The first-order valence-corrected chi connectivity index (χ1v) is 11.3. The first-order chi connectivity index (χ1) is 9.81. The van der Waals surface area contributed by atoms with Crippen LogP contribution < -0.4 is 0 Å². The SMILES string of the molecule is C[C@@H]1c2ccsc2CCN1S(=O)(=O)C1CCS(=O)(=O)CC1. The summed E-state index contributed by atoms with van der Waals surface area (Å²) in [5.74, 6) is -0.0222. The van der Waals surface area contributed by atoms with Crippen LogP contribution in [0, 0.1) is 0 Å². The highest BCUT2D eigenvalue weighted by molar-refractivity contribution is 7.92. The van der Waals surface area contributed by atoms with Crippen LogP contribution in [0.25, 0.3) is 0 Å². The van der Waals surface area contributed by atoms with Crippen LogP contribution in [-0.2, 0) is 26.3 Å². The van der Waals surface area contributed by atoms with E-state index in [2.05, 4.69) is 0 Å². The zero-order valence-corrected chi connectivity index (χ0v) is 14.3. The summed E-state index contributed by atoms with van der Waals surface area (Å²) in [5.41, 5.74) is 1.10. The Morgan fingerprint density at radius 3 is 2.62 bits per heavy atom. The third-order valence-electron chi connectivity index (χ3n) is 4.47. The van der Waals surface area contributed by atoms with E-state index >= 15 is 0 Å². The minimum atomic E-state index is -3.43. The van der Waals surface area contributed by atoms with E-state index in [0.29, 0.717) is 6.54 Å². The lowest BCUT2D eigenvalue weighted by Gasteiger charge is -2.36. The molecule has 0 radical (unpaired) electrons. The Balaban J connectivity index is 1.83. The lowest BCUT2D eigenvalue weighted by atomic mass is 10.0. The summed E-state index contributed by atoms with van der Waals surface area (Å²) >= 11 is 1.68. The summed E-state index contributed by atoms with van der Waals surface area (Å²) < 4.78 is 50.2. The molecule has 0 bridgehead atoms. The summed E-state index contributed by atoms with van der Waals surface area (Å²) in [7, 11) is -6.47. The van der Waals surface area contributed by atoms with E-state index in [1.807, 2.05) is 18.4 Å². The largest absolute Gasteiger partial charge is 0.229 e. The molecule has 21 heavy (non-hydrogen) atoms. The molecule has 0 aromatic carbocycles.